The quantitative estimate of drug-likeness (QED) is 0.786. The SMILES string of the molecule is Cc1ccc(C=C2Cc3c(O)cccc3C2=O)cc1. The molecule has 1 aliphatic carbocycles. The van der Waals surface area contributed by atoms with Crippen molar-refractivity contribution < 1.29 is 9.90 Å². The highest BCUT2D eigenvalue weighted by Crippen LogP contribution is 2.33. The first kappa shape index (κ1) is 11.7. The minimum Gasteiger partial charge on any atom is -0.508 e. The van der Waals surface area contributed by atoms with Crippen LogP contribution in [-0.2, 0) is 6.42 Å². The maximum atomic E-state index is 12.2. The fourth-order valence-corrected chi connectivity index (χ4v) is 2.40. The molecular weight excluding hydrogens is 236 g/mol. The smallest absolute Gasteiger partial charge is 0.189 e. The van der Waals surface area contributed by atoms with Crippen molar-refractivity contribution >= 4 is 11.9 Å². The van der Waals surface area contributed by atoms with Crippen LogP contribution in [0.25, 0.3) is 6.08 Å². The number of allylic oxidation sites excluding steroid dienone is 1. The molecule has 0 atom stereocenters. The van der Waals surface area contributed by atoms with Crippen molar-refractivity contribution in [1.82, 2.24) is 0 Å². The Morgan fingerprint density at radius 2 is 1.84 bits per heavy atom. The fraction of sp³-hybridized carbons (Fsp3) is 0.118. The van der Waals surface area contributed by atoms with Crippen molar-refractivity contribution in [2.75, 3.05) is 0 Å². The molecule has 0 saturated heterocycles. The molecular formula is C17H14O2. The fourth-order valence-electron chi connectivity index (χ4n) is 2.40. The van der Waals surface area contributed by atoms with Gasteiger partial charge in [0, 0.05) is 23.1 Å². The van der Waals surface area contributed by atoms with Crippen LogP contribution < -0.4 is 0 Å². The Labute approximate surface area is 112 Å². The van der Waals surface area contributed by atoms with Gasteiger partial charge in [-0.3, -0.25) is 4.79 Å². The van der Waals surface area contributed by atoms with Gasteiger partial charge < -0.3 is 5.11 Å². The summed E-state index contributed by atoms with van der Waals surface area (Å²) in [7, 11) is 0. The van der Waals surface area contributed by atoms with Gasteiger partial charge >= 0.3 is 0 Å². The summed E-state index contributed by atoms with van der Waals surface area (Å²) in [6, 6.07) is 13.2. The molecule has 0 amide bonds. The van der Waals surface area contributed by atoms with Crippen molar-refractivity contribution in [2.45, 2.75) is 13.3 Å². The van der Waals surface area contributed by atoms with Gasteiger partial charge in [-0.1, -0.05) is 42.0 Å². The number of carbonyl (C=O) groups is 1. The Kier molecular flexibility index (Phi) is 2.71. The maximum Gasteiger partial charge on any atom is 0.189 e. The Morgan fingerprint density at radius 3 is 2.53 bits per heavy atom. The van der Waals surface area contributed by atoms with Crippen molar-refractivity contribution in [3.8, 4) is 5.75 Å². The van der Waals surface area contributed by atoms with Gasteiger partial charge in [0.1, 0.15) is 5.75 Å². The molecule has 0 saturated carbocycles. The van der Waals surface area contributed by atoms with Crippen LogP contribution in [0.3, 0.4) is 0 Å². The van der Waals surface area contributed by atoms with Crippen LogP contribution in [0.2, 0.25) is 0 Å². The highest BCUT2D eigenvalue weighted by atomic mass is 16.3. The zero-order valence-corrected chi connectivity index (χ0v) is 10.7. The summed E-state index contributed by atoms with van der Waals surface area (Å²) in [5.41, 5.74) is 4.31. The number of hydrogen-bond donors (Lipinski definition) is 1. The molecule has 2 nitrogen and oxygen atoms in total. The number of carbonyl (C=O) groups excluding carboxylic acids is 1. The van der Waals surface area contributed by atoms with E-state index in [1.807, 2.05) is 37.3 Å². The third-order valence-corrected chi connectivity index (χ3v) is 3.47. The van der Waals surface area contributed by atoms with Gasteiger partial charge in [0.2, 0.25) is 0 Å². The molecule has 0 heterocycles. The third-order valence-electron chi connectivity index (χ3n) is 3.47. The van der Waals surface area contributed by atoms with Gasteiger partial charge in [-0.2, -0.15) is 0 Å². The lowest BCUT2D eigenvalue weighted by molar-refractivity contribution is 0.104. The summed E-state index contributed by atoms with van der Waals surface area (Å²) in [5.74, 6) is 0.227. The van der Waals surface area contributed by atoms with Crippen LogP contribution >= 0.6 is 0 Å². The van der Waals surface area contributed by atoms with Crippen LogP contribution in [0, 0.1) is 6.92 Å². The van der Waals surface area contributed by atoms with E-state index < -0.39 is 0 Å². The molecule has 2 aromatic carbocycles. The summed E-state index contributed by atoms with van der Waals surface area (Å²) in [6.45, 7) is 2.03. The van der Waals surface area contributed by atoms with E-state index in [1.165, 1.54) is 5.56 Å². The predicted molar refractivity (Wildman–Crippen MR) is 75.3 cm³/mol. The standard InChI is InChI=1S/C17H14O2/c1-11-5-7-12(8-6-11)9-13-10-15-14(17(13)19)3-2-4-16(15)18/h2-9,18H,10H2,1H3. The number of aryl methyl sites for hydroxylation is 1. The zero-order valence-electron chi connectivity index (χ0n) is 10.7. The van der Waals surface area contributed by atoms with E-state index in [9.17, 15) is 9.90 Å². The molecule has 1 aliphatic rings. The lowest BCUT2D eigenvalue weighted by atomic mass is 10.1. The summed E-state index contributed by atoms with van der Waals surface area (Å²) in [4.78, 5) is 12.2. The molecule has 0 unspecified atom stereocenters. The van der Waals surface area contributed by atoms with Gasteiger partial charge in [-0.05, 0) is 24.6 Å². The molecule has 19 heavy (non-hydrogen) atoms. The lowest BCUT2D eigenvalue weighted by Crippen LogP contribution is -1.94. The number of phenolic OH excluding ortho intramolecular Hbond substituents is 1. The number of rotatable bonds is 1. The number of phenols is 1. The van der Waals surface area contributed by atoms with Gasteiger partial charge in [-0.25, -0.2) is 0 Å². The molecule has 0 fully saturated rings. The largest absolute Gasteiger partial charge is 0.508 e. The molecule has 1 N–H and O–H groups in total. The maximum absolute atomic E-state index is 12.2. The monoisotopic (exact) mass is 250 g/mol. The second-order valence-electron chi connectivity index (χ2n) is 4.89. The highest BCUT2D eigenvalue weighted by molar-refractivity contribution is 6.16. The molecule has 2 aromatic rings. The van der Waals surface area contributed by atoms with E-state index in [4.69, 9.17) is 0 Å². The van der Waals surface area contributed by atoms with E-state index >= 15 is 0 Å². The van der Waals surface area contributed by atoms with E-state index in [2.05, 4.69) is 0 Å². The Morgan fingerprint density at radius 1 is 1.11 bits per heavy atom. The lowest BCUT2D eigenvalue weighted by Gasteiger charge is -1.98. The number of fused-ring (bicyclic) bond motifs is 1. The molecule has 0 radical (unpaired) electrons. The van der Waals surface area contributed by atoms with Crippen molar-refractivity contribution in [2.24, 2.45) is 0 Å². The van der Waals surface area contributed by atoms with Gasteiger partial charge in [0.25, 0.3) is 0 Å². The molecule has 0 spiro atoms. The summed E-state index contributed by atoms with van der Waals surface area (Å²) < 4.78 is 0. The topological polar surface area (TPSA) is 37.3 Å². The summed E-state index contributed by atoms with van der Waals surface area (Å²) >= 11 is 0. The summed E-state index contributed by atoms with van der Waals surface area (Å²) in [5, 5.41) is 9.79. The molecule has 0 aromatic heterocycles. The average molecular weight is 250 g/mol. The Hall–Kier alpha value is -2.35. The molecule has 2 heteroatoms. The van der Waals surface area contributed by atoms with Gasteiger partial charge in [-0.15, -0.1) is 0 Å². The number of benzene rings is 2. The number of ketones is 1. The first-order valence-corrected chi connectivity index (χ1v) is 6.28. The van der Waals surface area contributed by atoms with E-state index in [0.29, 0.717) is 12.0 Å². The Balaban J connectivity index is 2.00. The van der Waals surface area contributed by atoms with Gasteiger partial charge in [0.05, 0.1) is 0 Å². The minimum absolute atomic E-state index is 0.0199. The first-order valence-electron chi connectivity index (χ1n) is 6.28. The van der Waals surface area contributed by atoms with Crippen LogP contribution in [0.1, 0.15) is 27.0 Å². The average Bonchev–Trinajstić information content (AvgIpc) is 2.72. The zero-order chi connectivity index (χ0) is 13.4. The number of Topliss-reactive ketones (excluding diaryl/α,β-unsaturated/α-hetero) is 1. The van der Waals surface area contributed by atoms with E-state index in [0.717, 1.165) is 16.7 Å². The van der Waals surface area contributed by atoms with E-state index in [-0.39, 0.29) is 11.5 Å². The second kappa shape index (κ2) is 4.39. The van der Waals surface area contributed by atoms with Crippen LogP contribution in [-0.4, -0.2) is 10.9 Å². The first-order chi connectivity index (χ1) is 9.15. The van der Waals surface area contributed by atoms with Crippen LogP contribution in [0.15, 0.2) is 48.0 Å². The normalized spacial score (nSPS) is 15.8. The van der Waals surface area contributed by atoms with Crippen molar-refractivity contribution in [3.05, 3.63) is 70.3 Å². The number of aromatic hydroxyl groups is 1. The highest BCUT2D eigenvalue weighted by Gasteiger charge is 2.26. The van der Waals surface area contributed by atoms with Gasteiger partial charge in [0.15, 0.2) is 5.78 Å². The van der Waals surface area contributed by atoms with Crippen molar-refractivity contribution in [1.29, 1.82) is 0 Å². The predicted octanol–water partition coefficient (Wildman–Crippen LogP) is 3.52. The molecule has 3 rings (SSSR count). The van der Waals surface area contributed by atoms with E-state index in [1.54, 1.807) is 18.2 Å². The van der Waals surface area contributed by atoms with Crippen LogP contribution in [0.4, 0.5) is 0 Å². The Bertz CT molecular complexity index is 679. The second-order valence-corrected chi connectivity index (χ2v) is 4.89. The minimum atomic E-state index is 0.0199. The van der Waals surface area contributed by atoms with Crippen molar-refractivity contribution in [3.63, 3.8) is 0 Å². The molecule has 0 bridgehead atoms. The third kappa shape index (κ3) is 2.06. The van der Waals surface area contributed by atoms with Crippen LogP contribution in [0.5, 0.6) is 5.75 Å². The molecule has 0 aliphatic heterocycles. The summed E-state index contributed by atoms with van der Waals surface area (Å²) in [6.07, 6.45) is 2.41. The molecule has 94 valence electrons. The number of hydrogen-bond acceptors (Lipinski definition) is 2.